The van der Waals surface area contributed by atoms with Crippen molar-refractivity contribution in [2.75, 3.05) is 12.3 Å². The molecule has 2 rings (SSSR count). The number of hydrogen-bond donors (Lipinski definition) is 1. The lowest BCUT2D eigenvalue weighted by atomic mass is 10.4. The van der Waals surface area contributed by atoms with E-state index in [4.69, 9.17) is 4.52 Å². The van der Waals surface area contributed by atoms with Gasteiger partial charge in [0.2, 0.25) is 5.89 Å². The minimum atomic E-state index is 0.709. The highest BCUT2D eigenvalue weighted by Gasteiger charge is 2.20. The zero-order valence-electron chi connectivity index (χ0n) is 9.03. The van der Waals surface area contributed by atoms with Gasteiger partial charge in [0.1, 0.15) is 0 Å². The summed E-state index contributed by atoms with van der Waals surface area (Å²) in [5.41, 5.74) is 0. The summed E-state index contributed by atoms with van der Waals surface area (Å²) in [6.07, 6.45) is 2.74. The molecule has 1 aliphatic rings. The van der Waals surface area contributed by atoms with Crippen LogP contribution in [-0.4, -0.2) is 22.4 Å². The molecule has 0 saturated heterocycles. The fraction of sp³-hybridized carbons (Fsp3) is 0.800. The van der Waals surface area contributed by atoms with Crippen molar-refractivity contribution in [1.82, 2.24) is 15.5 Å². The molecule has 0 bridgehead atoms. The molecule has 1 heterocycles. The number of rotatable bonds is 7. The molecule has 1 aliphatic carbocycles. The molecule has 0 radical (unpaired) electrons. The van der Waals surface area contributed by atoms with Gasteiger partial charge >= 0.3 is 0 Å². The predicted octanol–water partition coefficient (Wildman–Crippen LogP) is 1.82. The van der Waals surface area contributed by atoms with Crippen LogP contribution in [0.5, 0.6) is 0 Å². The van der Waals surface area contributed by atoms with Crippen LogP contribution >= 0.6 is 11.8 Å². The highest BCUT2D eigenvalue weighted by atomic mass is 32.2. The maximum Gasteiger partial charge on any atom is 0.240 e. The average Bonchev–Trinajstić information content (AvgIpc) is 2.95. The van der Waals surface area contributed by atoms with E-state index in [2.05, 4.69) is 22.4 Å². The van der Waals surface area contributed by atoms with Crippen LogP contribution in [0.1, 0.15) is 31.5 Å². The Bertz CT molecular complexity index is 299. The lowest BCUT2D eigenvalue weighted by Crippen LogP contribution is -2.16. The third-order valence-electron chi connectivity index (χ3n) is 2.35. The summed E-state index contributed by atoms with van der Waals surface area (Å²) in [6.45, 7) is 3.92. The van der Waals surface area contributed by atoms with Gasteiger partial charge in [-0.15, -0.1) is 0 Å². The van der Waals surface area contributed by atoms with E-state index in [-0.39, 0.29) is 0 Å². The smallest absolute Gasteiger partial charge is 0.240 e. The van der Waals surface area contributed by atoms with Crippen LogP contribution in [0.3, 0.4) is 0 Å². The van der Waals surface area contributed by atoms with Crippen molar-refractivity contribution in [1.29, 1.82) is 0 Å². The first-order valence-corrected chi connectivity index (χ1v) is 6.64. The number of thioether (sulfide) groups is 1. The van der Waals surface area contributed by atoms with Crippen LogP contribution in [0.25, 0.3) is 0 Å². The van der Waals surface area contributed by atoms with Crippen LogP contribution < -0.4 is 5.32 Å². The average molecular weight is 227 g/mol. The second kappa shape index (κ2) is 5.51. The number of nitrogens with zero attached hydrogens (tertiary/aromatic N) is 2. The molecule has 1 saturated carbocycles. The Morgan fingerprint density at radius 2 is 2.40 bits per heavy atom. The Morgan fingerprint density at radius 3 is 3.13 bits per heavy atom. The van der Waals surface area contributed by atoms with Gasteiger partial charge in [-0.25, -0.2) is 0 Å². The largest absolute Gasteiger partial charge is 0.338 e. The van der Waals surface area contributed by atoms with E-state index in [0.29, 0.717) is 12.4 Å². The summed E-state index contributed by atoms with van der Waals surface area (Å²) >= 11 is 1.81. The lowest BCUT2D eigenvalue weighted by Gasteiger charge is -1.97. The van der Waals surface area contributed by atoms with Gasteiger partial charge < -0.3 is 9.84 Å². The third kappa shape index (κ3) is 3.83. The second-order valence-electron chi connectivity index (χ2n) is 3.82. The van der Waals surface area contributed by atoms with Crippen LogP contribution in [0.15, 0.2) is 4.52 Å². The number of hydrogen-bond acceptors (Lipinski definition) is 5. The quantitative estimate of drug-likeness (QED) is 0.770. The Labute approximate surface area is 94.2 Å². The SMILES string of the molecule is CCSCc1noc(CNCC2CC2)n1. The van der Waals surface area contributed by atoms with Gasteiger partial charge in [-0.2, -0.15) is 16.7 Å². The third-order valence-corrected chi connectivity index (χ3v) is 3.22. The van der Waals surface area contributed by atoms with Crippen molar-refractivity contribution in [2.24, 2.45) is 5.92 Å². The van der Waals surface area contributed by atoms with Gasteiger partial charge in [-0.3, -0.25) is 0 Å². The highest BCUT2D eigenvalue weighted by Crippen LogP contribution is 2.27. The van der Waals surface area contributed by atoms with E-state index >= 15 is 0 Å². The normalized spacial score (nSPS) is 15.8. The van der Waals surface area contributed by atoms with Crippen molar-refractivity contribution in [3.05, 3.63) is 11.7 Å². The maximum absolute atomic E-state index is 5.13. The van der Waals surface area contributed by atoms with Crippen molar-refractivity contribution >= 4 is 11.8 Å². The van der Waals surface area contributed by atoms with Crippen LogP contribution in [0, 0.1) is 5.92 Å². The molecular formula is C10H17N3OS. The Morgan fingerprint density at radius 1 is 1.53 bits per heavy atom. The van der Waals surface area contributed by atoms with E-state index in [1.54, 1.807) is 0 Å². The number of aromatic nitrogens is 2. The van der Waals surface area contributed by atoms with Gasteiger partial charge in [0.05, 0.1) is 12.3 Å². The standard InChI is InChI=1S/C10H17N3OS/c1-2-15-7-9-12-10(14-13-9)6-11-5-8-3-4-8/h8,11H,2-7H2,1H3. The summed E-state index contributed by atoms with van der Waals surface area (Å²) < 4.78 is 5.13. The van der Waals surface area contributed by atoms with E-state index in [9.17, 15) is 0 Å². The summed E-state index contributed by atoms with van der Waals surface area (Å²) in [5.74, 6) is 4.35. The first kappa shape index (κ1) is 11.0. The van der Waals surface area contributed by atoms with E-state index in [0.717, 1.165) is 29.8 Å². The monoisotopic (exact) mass is 227 g/mol. The molecule has 0 amide bonds. The van der Waals surface area contributed by atoms with Gasteiger partial charge in [-0.05, 0) is 31.1 Å². The van der Waals surface area contributed by atoms with E-state index in [1.165, 1.54) is 12.8 Å². The Hall–Kier alpha value is -0.550. The molecule has 15 heavy (non-hydrogen) atoms. The van der Waals surface area contributed by atoms with E-state index in [1.807, 2.05) is 11.8 Å². The molecule has 84 valence electrons. The predicted molar refractivity (Wildman–Crippen MR) is 60.6 cm³/mol. The highest BCUT2D eigenvalue weighted by molar-refractivity contribution is 7.98. The zero-order chi connectivity index (χ0) is 10.5. The fourth-order valence-electron chi connectivity index (χ4n) is 1.32. The van der Waals surface area contributed by atoms with Gasteiger partial charge in [0.25, 0.3) is 0 Å². The molecule has 0 unspecified atom stereocenters. The summed E-state index contributed by atoms with van der Waals surface area (Å²) in [6, 6.07) is 0. The topological polar surface area (TPSA) is 51.0 Å². The van der Waals surface area contributed by atoms with Gasteiger partial charge in [0, 0.05) is 0 Å². The van der Waals surface area contributed by atoms with E-state index < -0.39 is 0 Å². The lowest BCUT2D eigenvalue weighted by molar-refractivity contribution is 0.363. The van der Waals surface area contributed by atoms with Crippen molar-refractivity contribution in [2.45, 2.75) is 32.1 Å². The maximum atomic E-state index is 5.13. The minimum Gasteiger partial charge on any atom is -0.338 e. The van der Waals surface area contributed by atoms with Crippen molar-refractivity contribution in [3.63, 3.8) is 0 Å². The molecule has 4 nitrogen and oxygen atoms in total. The molecule has 0 aliphatic heterocycles. The second-order valence-corrected chi connectivity index (χ2v) is 5.09. The molecule has 1 aromatic heterocycles. The summed E-state index contributed by atoms with van der Waals surface area (Å²) in [5, 5.41) is 7.25. The molecule has 0 spiro atoms. The van der Waals surface area contributed by atoms with Gasteiger partial charge in [-0.1, -0.05) is 12.1 Å². The summed E-state index contributed by atoms with van der Waals surface area (Å²) in [4.78, 5) is 4.30. The fourth-order valence-corrected chi connectivity index (χ4v) is 1.82. The first-order valence-electron chi connectivity index (χ1n) is 5.48. The molecule has 0 atom stereocenters. The Kier molecular flexibility index (Phi) is 4.02. The Balaban J connectivity index is 1.68. The molecule has 0 aromatic carbocycles. The number of nitrogens with one attached hydrogen (secondary N) is 1. The molecule has 1 N–H and O–H groups in total. The van der Waals surface area contributed by atoms with Crippen LogP contribution in [0.2, 0.25) is 0 Å². The van der Waals surface area contributed by atoms with Gasteiger partial charge in [0.15, 0.2) is 5.82 Å². The molecule has 1 aromatic rings. The summed E-state index contributed by atoms with van der Waals surface area (Å²) in [7, 11) is 0. The molecule has 5 heteroatoms. The molecular weight excluding hydrogens is 210 g/mol. The van der Waals surface area contributed by atoms with Crippen molar-refractivity contribution in [3.8, 4) is 0 Å². The van der Waals surface area contributed by atoms with Crippen molar-refractivity contribution < 1.29 is 4.52 Å². The first-order chi connectivity index (χ1) is 7.38. The minimum absolute atomic E-state index is 0.709. The van der Waals surface area contributed by atoms with Crippen LogP contribution in [0.4, 0.5) is 0 Å². The zero-order valence-corrected chi connectivity index (χ0v) is 9.85. The molecule has 1 fully saturated rings. The van der Waals surface area contributed by atoms with Crippen LogP contribution in [-0.2, 0) is 12.3 Å².